The van der Waals surface area contributed by atoms with Gasteiger partial charge < -0.3 is 20.1 Å². The maximum atomic E-state index is 12.5. The molecule has 2 N–H and O–H groups in total. The molecule has 1 aliphatic heterocycles. The second kappa shape index (κ2) is 8.02. The average molecular weight is 423 g/mol. The van der Waals surface area contributed by atoms with Gasteiger partial charge in [-0.25, -0.2) is 9.97 Å². The van der Waals surface area contributed by atoms with Crippen molar-refractivity contribution in [3.05, 3.63) is 48.0 Å². The summed E-state index contributed by atoms with van der Waals surface area (Å²) in [5.41, 5.74) is 1.85. The molecule has 2 aromatic carbocycles. The molecule has 0 radical (unpaired) electrons. The van der Waals surface area contributed by atoms with Crippen LogP contribution in [0.2, 0.25) is 0 Å². The Morgan fingerprint density at radius 1 is 1.17 bits per heavy atom. The van der Waals surface area contributed by atoms with Crippen LogP contribution in [0, 0.1) is 0 Å². The summed E-state index contributed by atoms with van der Waals surface area (Å²) < 4.78 is 10.8. The molecule has 0 bridgehead atoms. The van der Waals surface area contributed by atoms with Gasteiger partial charge in [0.05, 0.1) is 17.3 Å². The van der Waals surface area contributed by atoms with E-state index in [0.717, 1.165) is 28.0 Å². The van der Waals surface area contributed by atoms with Gasteiger partial charge in [-0.2, -0.15) is 0 Å². The SMILES string of the molecule is C[C@H](NC(=O)CSc1nc(NC2CC2)c2ccccc2n1)c1ccc2c(c1)OCO2. The van der Waals surface area contributed by atoms with Crippen LogP contribution >= 0.6 is 11.8 Å². The maximum Gasteiger partial charge on any atom is 0.231 e. The zero-order valence-corrected chi connectivity index (χ0v) is 17.4. The van der Waals surface area contributed by atoms with Crippen LogP contribution in [0.1, 0.15) is 31.4 Å². The van der Waals surface area contributed by atoms with E-state index in [-0.39, 0.29) is 24.5 Å². The summed E-state index contributed by atoms with van der Waals surface area (Å²) in [5.74, 6) is 2.47. The van der Waals surface area contributed by atoms with Crippen LogP contribution in [-0.2, 0) is 4.79 Å². The van der Waals surface area contributed by atoms with Gasteiger partial charge in [0.15, 0.2) is 16.7 Å². The van der Waals surface area contributed by atoms with E-state index in [0.29, 0.717) is 16.9 Å². The fraction of sp³-hybridized carbons (Fsp3) is 0.318. The molecule has 1 aliphatic carbocycles. The van der Waals surface area contributed by atoms with E-state index in [2.05, 4.69) is 20.6 Å². The van der Waals surface area contributed by atoms with Crippen molar-refractivity contribution in [2.45, 2.75) is 37.0 Å². The summed E-state index contributed by atoms with van der Waals surface area (Å²) in [6, 6.07) is 14.0. The van der Waals surface area contributed by atoms with Crippen LogP contribution in [-0.4, -0.2) is 34.5 Å². The van der Waals surface area contributed by atoms with Gasteiger partial charge >= 0.3 is 0 Å². The zero-order chi connectivity index (χ0) is 20.5. The Morgan fingerprint density at radius 2 is 2.00 bits per heavy atom. The molecule has 1 amide bonds. The van der Waals surface area contributed by atoms with Crippen molar-refractivity contribution in [2.24, 2.45) is 0 Å². The van der Waals surface area contributed by atoms with Gasteiger partial charge in [0, 0.05) is 11.4 Å². The summed E-state index contributed by atoms with van der Waals surface area (Å²) in [6.07, 6.45) is 2.34. The number of thioether (sulfide) groups is 1. The first-order chi connectivity index (χ1) is 14.7. The summed E-state index contributed by atoms with van der Waals surface area (Å²) in [7, 11) is 0. The standard InChI is InChI=1S/C22H22N4O3S/c1-13(14-6-9-18-19(10-14)29-12-28-18)23-20(27)11-30-22-25-17-5-3-2-4-16(17)21(26-22)24-15-7-8-15/h2-6,9-10,13,15H,7-8,11-12H2,1H3,(H,23,27)(H,24,25,26)/t13-/m0/s1. The lowest BCUT2D eigenvalue weighted by molar-refractivity contribution is -0.119. The number of amides is 1. The molecule has 0 unspecified atom stereocenters. The summed E-state index contributed by atoms with van der Waals surface area (Å²) in [4.78, 5) is 21.8. The number of nitrogens with one attached hydrogen (secondary N) is 2. The van der Waals surface area contributed by atoms with E-state index in [4.69, 9.17) is 9.47 Å². The third-order valence-electron chi connectivity index (χ3n) is 5.11. The number of ether oxygens (including phenoxy) is 2. The summed E-state index contributed by atoms with van der Waals surface area (Å²) in [6.45, 7) is 2.18. The highest BCUT2D eigenvalue weighted by molar-refractivity contribution is 7.99. The molecule has 2 aliphatic rings. The van der Waals surface area contributed by atoms with Crippen molar-refractivity contribution in [1.29, 1.82) is 0 Å². The van der Waals surface area contributed by atoms with Crippen molar-refractivity contribution in [1.82, 2.24) is 15.3 Å². The quantitative estimate of drug-likeness (QED) is 0.441. The topological polar surface area (TPSA) is 85.4 Å². The molecule has 1 fully saturated rings. The number of aromatic nitrogens is 2. The predicted octanol–water partition coefficient (Wildman–Crippen LogP) is 3.90. The Bertz CT molecular complexity index is 1100. The molecule has 30 heavy (non-hydrogen) atoms. The van der Waals surface area contributed by atoms with Crippen molar-refractivity contribution >= 4 is 34.4 Å². The molecule has 0 saturated heterocycles. The number of anilines is 1. The summed E-state index contributed by atoms with van der Waals surface area (Å²) >= 11 is 1.34. The normalized spacial score (nSPS) is 15.8. The Kier molecular flexibility index (Phi) is 5.08. The van der Waals surface area contributed by atoms with Gasteiger partial charge in [-0.1, -0.05) is 30.0 Å². The summed E-state index contributed by atoms with van der Waals surface area (Å²) in [5, 5.41) is 8.11. The third-order valence-corrected chi connectivity index (χ3v) is 5.95. The number of nitrogens with zero attached hydrogens (tertiary/aromatic N) is 2. The molecular formula is C22H22N4O3S. The van der Waals surface area contributed by atoms with Gasteiger partial charge in [-0.05, 0) is 49.6 Å². The van der Waals surface area contributed by atoms with Crippen LogP contribution in [0.3, 0.4) is 0 Å². The molecule has 1 saturated carbocycles. The van der Waals surface area contributed by atoms with Crippen molar-refractivity contribution < 1.29 is 14.3 Å². The van der Waals surface area contributed by atoms with Crippen LogP contribution in [0.5, 0.6) is 11.5 Å². The Morgan fingerprint density at radius 3 is 2.87 bits per heavy atom. The van der Waals surface area contributed by atoms with Crippen molar-refractivity contribution in [3.63, 3.8) is 0 Å². The maximum absolute atomic E-state index is 12.5. The van der Waals surface area contributed by atoms with E-state index in [1.165, 1.54) is 24.6 Å². The lowest BCUT2D eigenvalue weighted by Crippen LogP contribution is -2.28. The molecule has 7 nitrogen and oxygen atoms in total. The molecule has 2 heterocycles. The number of fused-ring (bicyclic) bond motifs is 2. The van der Waals surface area contributed by atoms with Gasteiger partial charge in [0.25, 0.3) is 0 Å². The van der Waals surface area contributed by atoms with Crippen molar-refractivity contribution in [3.8, 4) is 11.5 Å². The molecule has 3 aromatic rings. The van der Waals surface area contributed by atoms with Gasteiger partial charge in [0.1, 0.15) is 5.82 Å². The van der Waals surface area contributed by atoms with Gasteiger partial charge in [-0.15, -0.1) is 0 Å². The first-order valence-electron chi connectivity index (χ1n) is 10.0. The van der Waals surface area contributed by atoms with Crippen LogP contribution in [0.15, 0.2) is 47.6 Å². The fourth-order valence-corrected chi connectivity index (χ4v) is 3.99. The highest BCUT2D eigenvalue weighted by Gasteiger charge is 2.23. The van der Waals surface area contributed by atoms with Gasteiger partial charge in [-0.3, -0.25) is 4.79 Å². The largest absolute Gasteiger partial charge is 0.454 e. The number of rotatable bonds is 7. The van der Waals surface area contributed by atoms with Gasteiger partial charge in [0.2, 0.25) is 12.7 Å². The molecule has 1 atom stereocenters. The second-order valence-corrected chi connectivity index (χ2v) is 8.42. The number of carbonyl (C=O) groups is 1. The Balaban J connectivity index is 1.24. The highest BCUT2D eigenvalue weighted by atomic mass is 32.2. The van der Waals surface area contributed by atoms with Crippen LogP contribution < -0.4 is 20.1 Å². The van der Waals surface area contributed by atoms with Crippen molar-refractivity contribution in [2.75, 3.05) is 17.9 Å². The molecule has 1 aromatic heterocycles. The lowest BCUT2D eigenvalue weighted by atomic mass is 10.1. The highest BCUT2D eigenvalue weighted by Crippen LogP contribution is 2.34. The van der Waals surface area contributed by atoms with Crippen LogP contribution in [0.4, 0.5) is 5.82 Å². The number of benzene rings is 2. The van der Waals surface area contributed by atoms with Crippen LogP contribution in [0.25, 0.3) is 10.9 Å². The monoisotopic (exact) mass is 422 g/mol. The number of para-hydroxylation sites is 1. The zero-order valence-electron chi connectivity index (χ0n) is 16.6. The molecule has 0 spiro atoms. The third kappa shape index (κ3) is 4.14. The lowest BCUT2D eigenvalue weighted by Gasteiger charge is -2.15. The average Bonchev–Trinajstić information content (AvgIpc) is 3.44. The molecular weight excluding hydrogens is 400 g/mol. The minimum absolute atomic E-state index is 0.0707. The van der Waals surface area contributed by atoms with E-state index in [1.807, 2.05) is 49.4 Å². The smallest absolute Gasteiger partial charge is 0.231 e. The molecule has 8 heteroatoms. The second-order valence-electron chi connectivity index (χ2n) is 7.48. The number of hydrogen-bond acceptors (Lipinski definition) is 7. The van der Waals surface area contributed by atoms with E-state index in [9.17, 15) is 4.79 Å². The fourth-order valence-electron chi connectivity index (χ4n) is 3.33. The van der Waals surface area contributed by atoms with E-state index in [1.54, 1.807) is 0 Å². The minimum atomic E-state index is -0.141. The predicted molar refractivity (Wildman–Crippen MR) is 116 cm³/mol. The number of carbonyl (C=O) groups excluding carboxylic acids is 1. The Labute approximate surface area is 178 Å². The van der Waals surface area contributed by atoms with E-state index >= 15 is 0 Å². The first kappa shape index (κ1) is 19.0. The molecule has 5 rings (SSSR count). The Hall–Kier alpha value is -3.00. The van der Waals surface area contributed by atoms with E-state index < -0.39 is 0 Å². The first-order valence-corrected chi connectivity index (χ1v) is 11.0. The minimum Gasteiger partial charge on any atom is -0.454 e. The number of hydrogen-bond donors (Lipinski definition) is 2. The molecule has 154 valence electrons.